The predicted molar refractivity (Wildman–Crippen MR) is 84.6 cm³/mol. The number of aryl methyl sites for hydroxylation is 1. The van der Waals surface area contributed by atoms with E-state index in [9.17, 15) is 0 Å². The Kier molecular flexibility index (Phi) is 5.51. The fraction of sp³-hybridized carbons (Fsp3) is 0.375. The van der Waals surface area contributed by atoms with Crippen LogP contribution in [0.15, 0.2) is 36.5 Å². The van der Waals surface area contributed by atoms with Gasteiger partial charge in [0.15, 0.2) is 0 Å². The van der Waals surface area contributed by atoms with Gasteiger partial charge in [-0.3, -0.25) is 0 Å². The molecular formula is C16H22N4O. The minimum atomic E-state index is 0.685. The number of aromatic nitrogens is 2. The van der Waals surface area contributed by atoms with Crippen LogP contribution in [0.25, 0.3) is 0 Å². The summed E-state index contributed by atoms with van der Waals surface area (Å²) in [5.74, 6) is 1.68. The van der Waals surface area contributed by atoms with E-state index in [1.807, 2.05) is 51.4 Å². The molecule has 2 rings (SSSR count). The number of likely N-dealkylation sites (N-methyl/N-ethyl adjacent to an activating group) is 1. The quantitative estimate of drug-likeness (QED) is 0.846. The maximum absolute atomic E-state index is 5.66. The predicted octanol–water partition coefficient (Wildman–Crippen LogP) is 2.34. The van der Waals surface area contributed by atoms with Gasteiger partial charge in [-0.05, 0) is 51.4 Å². The van der Waals surface area contributed by atoms with Crippen LogP contribution in [0.4, 0.5) is 5.69 Å². The summed E-state index contributed by atoms with van der Waals surface area (Å²) >= 11 is 0. The van der Waals surface area contributed by atoms with Crippen LogP contribution >= 0.6 is 0 Å². The molecule has 1 aromatic carbocycles. The zero-order valence-corrected chi connectivity index (χ0v) is 12.8. The summed E-state index contributed by atoms with van der Waals surface area (Å²) in [7, 11) is 4.07. The molecule has 0 saturated carbocycles. The highest BCUT2D eigenvalue weighted by Gasteiger charge is 1.98. The molecule has 0 unspecified atom stereocenters. The average Bonchev–Trinajstić information content (AvgIpc) is 2.46. The number of hydrogen-bond donors (Lipinski definition) is 1. The maximum Gasteiger partial charge on any atom is 0.125 e. The van der Waals surface area contributed by atoms with Crippen LogP contribution in [0.5, 0.6) is 5.75 Å². The summed E-state index contributed by atoms with van der Waals surface area (Å²) in [4.78, 5) is 10.5. The van der Waals surface area contributed by atoms with Crippen LogP contribution in [-0.2, 0) is 6.54 Å². The van der Waals surface area contributed by atoms with E-state index in [-0.39, 0.29) is 0 Å². The summed E-state index contributed by atoms with van der Waals surface area (Å²) in [5.41, 5.74) is 2.03. The second-order valence-electron chi connectivity index (χ2n) is 5.12. The zero-order chi connectivity index (χ0) is 15.1. The number of benzene rings is 1. The molecule has 1 aromatic heterocycles. The molecule has 112 valence electrons. The van der Waals surface area contributed by atoms with Gasteiger partial charge >= 0.3 is 0 Å². The lowest BCUT2D eigenvalue weighted by Crippen LogP contribution is -2.19. The summed E-state index contributed by atoms with van der Waals surface area (Å²) in [5, 5.41) is 3.34. The normalized spacial score (nSPS) is 10.7. The van der Waals surface area contributed by atoms with Gasteiger partial charge in [-0.2, -0.15) is 0 Å². The van der Waals surface area contributed by atoms with Crippen LogP contribution < -0.4 is 10.1 Å². The molecule has 5 nitrogen and oxygen atoms in total. The summed E-state index contributed by atoms with van der Waals surface area (Å²) < 4.78 is 5.66. The van der Waals surface area contributed by atoms with Gasteiger partial charge in [-0.15, -0.1) is 0 Å². The third kappa shape index (κ3) is 5.39. The largest absolute Gasteiger partial charge is 0.492 e. The highest BCUT2D eigenvalue weighted by Crippen LogP contribution is 2.16. The zero-order valence-electron chi connectivity index (χ0n) is 12.8. The molecule has 0 fully saturated rings. The highest BCUT2D eigenvalue weighted by molar-refractivity contribution is 5.46. The van der Waals surface area contributed by atoms with E-state index in [1.54, 1.807) is 6.20 Å². The van der Waals surface area contributed by atoms with Crippen LogP contribution in [0.1, 0.15) is 11.5 Å². The first-order chi connectivity index (χ1) is 10.1. The van der Waals surface area contributed by atoms with E-state index < -0.39 is 0 Å². The number of hydrogen-bond acceptors (Lipinski definition) is 5. The monoisotopic (exact) mass is 286 g/mol. The third-order valence-electron chi connectivity index (χ3n) is 2.97. The van der Waals surface area contributed by atoms with E-state index in [1.165, 1.54) is 0 Å². The van der Waals surface area contributed by atoms with Gasteiger partial charge in [-0.1, -0.05) is 0 Å². The molecule has 21 heavy (non-hydrogen) atoms. The Morgan fingerprint density at radius 1 is 1.14 bits per heavy atom. The van der Waals surface area contributed by atoms with Crippen molar-refractivity contribution >= 4 is 5.69 Å². The van der Waals surface area contributed by atoms with Crippen molar-refractivity contribution in [3.63, 3.8) is 0 Å². The van der Waals surface area contributed by atoms with Gasteiger partial charge in [0.2, 0.25) is 0 Å². The Morgan fingerprint density at radius 2 is 1.90 bits per heavy atom. The first-order valence-electron chi connectivity index (χ1n) is 7.03. The Bertz CT molecular complexity index is 554. The lowest BCUT2D eigenvalue weighted by atomic mass is 10.3. The van der Waals surface area contributed by atoms with Crippen molar-refractivity contribution in [2.45, 2.75) is 13.5 Å². The van der Waals surface area contributed by atoms with E-state index in [0.717, 1.165) is 29.5 Å². The van der Waals surface area contributed by atoms with Crippen LogP contribution in [-0.4, -0.2) is 42.1 Å². The lowest BCUT2D eigenvalue weighted by Gasteiger charge is -2.11. The smallest absolute Gasteiger partial charge is 0.125 e. The second-order valence-corrected chi connectivity index (χ2v) is 5.12. The average molecular weight is 286 g/mol. The molecule has 0 atom stereocenters. The second kappa shape index (κ2) is 7.59. The first-order valence-corrected chi connectivity index (χ1v) is 7.03. The molecule has 1 N–H and O–H groups in total. The van der Waals surface area contributed by atoms with E-state index in [0.29, 0.717) is 13.2 Å². The fourth-order valence-corrected chi connectivity index (χ4v) is 1.81. The minimum Gasteiger partial charge on any atom is -0.492 e. The molecule has 0 bridgehead atoms. The van der Waals surface area contributed by atoms with Crippen molar-refractivity contribution in [1.29, 1.82) is 0 Å². The molecule has 0 aliphatic heterocycles. The summed E-state index contributed by atoms with van der Waals surface area (Å²) in [6.07, 6.45) is 1.78. The highest BCUT2D eigenvalue weighted by atomic mass is 16.5. The van der Waals surface area contributed by atoms with Crippen molar-refractivity contribution in [2.24, 2.45) is 0 Å². The van der Waals surface area contributed by atoms with Crippen molar-refractivity contribution in [2.75, 3.05) is 32.6 Å². The Labute approximate surface area is 126 Å². The number of anilines is 1. The summed E-state index contributed by atoms with van der Waals surface area (Å²) in [6, 6.07) is 9.89. The van der Waals surface area contributed by atoms with Crippen LogP contribution in [0, 0.1) is 6.92 Å². The molecule has 0 aliphatic carbocycles. The van der Waals surface area contributed by atoms with Crippen molar-refractivity contribution < 1.29 is 4.74 Å². The topological polar surface area (TPSA) is 50.3 Å². The molecule has 2 aromatic rings. The van der Waals surface area contributed by atoms with Gasteiger partial charge < -0.3 is 15.0 Å². The molecule has 1 heterocycles. The van der Waals surface area contributed by atoms with Crippen molar-refractivity contribution in [1.82, 2.24) is 14.9 Å². The fourth-order valence-electron chi connectivity index (χ4n) is 1.81. The Hall–Kier alpha value is -2.14. The molecular weight excluding hydrogens is 264 g/mol. The van der Waals surface area contributed by atoms with Gasteiger partial charge in [0.1, 0.15) is 18.2 Å². The maximum atomic E-state index is 5.66. The summed E-state index contributed by atoms with van der Waals surface area (Å²) in [6.45, 7) is 4.18. The van der Waals surface area contributed by atoms with Gasteiger partial charge in [0, 0.05) is 18.4 Å². The molecule has 0 spiro atoms. The minimum absolute atomic E-state index is 0.685. The van der Waals surface area contributed by atoms with Gasteiger partial charge in [0.25, 0.3) is 0 Å². The Morgan fingerprint density at radius 3 is 2.57 bits per heavy atom. The van der Waals surface area contributed by atoms with Crippen LogP contribution in [0.3, 0.4) is 0 Å². The molecule has 0 saturated heterocycles. The SMILES string of the molecule is Cc1nccc(CNc2ccc(OCCN(C)C)cc2)n1. The number of nitrogens with zero attached hydrogens (tertiary/aromatic N) is 3. The van der Waals surface area contributed by atoms with Crippen molar-refractivity contribution in [3.05, 3.63) is 48.0 Å². The number of ether oxygens (including phenoxy) is 1. The Balaban J connectivity index is 1.82. The molecule has 5 heteroatoms. The van der Waals surface area contributed by atoms with Gasteiger partial charge in [0.05, 0.1) is 12.2 Å². The number of rotatable bonds is 7. The number of nitrogens with one attached hydrogen (secondary N) is 1. The molecule has 0 amide bonds. The van der Waals surface area contributed by atoms with E-state index in [2.05, 4.69) is 20.2 Å². The molecule has 0 radical (unpaired) electrons. The molecule has 0 aliphatic rings. The van der Waals surface area contributed by atoms with Crippen molar-refractivity contribution in [3.8, 4) is 5.75 Å². The van der Waals surface area contributed by atoms with Crippen LogP contribution in [0.2, 0.25) is 0 Å². The van der Waals surface area contributed by atoms with E-state index in [4.69, 9.17) is 4.74 Å². The van der Waals surface area contributed by atoms with Gasteiger partial charge in [-0.25, -0.2) is 9.97 Å². The first kappa shape index (κ1) is 15.3. The standard InChI is InChI=1S/C16H22N4O/c1-13-17-9-8-15(19-13)12-18-14-4-6-16(7-5-14)21-11-10-20(2)3/h4-9,18H,10-12H2,1-3H3. The lowest BCUT2D eigenvalue weighted by molar-refractivity contribution is 0.261. The third-order valence-corrected chi connectivity index (χ3v) is 2.97. The van der Waals surface area contributed by atoms with E-state index >= 15 is 0 Å².